The van der Waals surface area contributed by atoms with Gasteiger partial charge in [-0.3, -0.25) is 9.59 Å². The molecule has 0 spiro atoms. The molecule has 0 N–H and O–H groups in total. The summed E-state index contributed by atoms with van der Waals surface area (Å²) in [6.07, 6.45) is 5.06. The second-order valence-corrected chi connectivity index (χ2v) is 4.92. The fourth-order valence-electron chi connectivity index (χ4n) is 2.53. The predicted octanol–water partition coefficient (Wildman–Crippen LogP) is 2.45. The van der Waals surface area contributed by atoms with Crippen molar-refractivity contribution < 1.29 is 19.1 Å². The van der Waals surface area contributed by atoms with Crippen molar-refractivity contribution in [3.63, 3.8) is 0 Å². The van der Waals surface area contributed by atoms with Gasteiger partial charge in [-0.05, 0) is 25.7 Å². The molecule has 17 heavy (non-hydrogen) atoms. The second-order valence-electron chi connectivity index (χ2n) is 4.92. The summed E-state index contributed by atoms with van der Waals surface area (Å²) in [7, 11) is 0. The van der Waals surface area contributed by atoms with Crippen molar-refractivity contribution in [1.29, 1.82) is 0 Å². The topological polar surface area (TPSA) is 52.6 Å². The monoisotopic (exact) mass is 242 g/mol. The van der Waals surface area contributed by atoms with Crippen LogP contribution in [0.15, 0.2) is 0 Å². The first kappa shape index (κ1) is 14.0. The normalized spacial score (nSPS) is 20.4. The Labute approximate surface area is 103 Å². The van der Waals surface area contributed by atoms with E-state index in [2.05, 4.69) is 0 Å². The molecule has 0 bridgehead atoms. The van der Waals surface area contributed by atoms with Crippen molar-refractivity contribution >= 4 is 11.9 Å². The highest BCUT2D eigenvalue weighted by Gasteiger charge is 2.40. The van der Waals surface area contributed by atoms with Crippen LogP contribution in [0.4, 0.5) is 0 Å². The van der Waals surface area contributed by atoms with Gasteiger partial charge in [0.2, 0.25) is 0 Å². The Kier molecular flexibility index (Phi) is 4.97. The molecular formula is C13H22O4. The van der Waals surface area contributed by atoms with Crippen molar-refractivity contribution in [1.82, 2.24) is 0 Å². The standard InChI is InChI=1S/C13H22O4/c1-10(9-16-11(2)14)13(17-12(3)15)7-5-4-6-8-13/h10H,4-9H2,1-3H3. The third kappa shape index (κ3) is 4.02. The maximum Gasteiger partial charge on any atom is 0.303 e. The Hall–Kier alpha value is -1.06. The van der Waals surface area contributed by atoms with Gasteiger partial charge in [-0.2, -0.15) is 0 Å². The lowest BCUT2D eigenvalue weighted by Gasteiger charge is -2.40. The fourth-order valence-corrected chi connectivity index (χ4v) is 2.53. The molecule has 0 radical (unpaired) electrons. The predicted molar refractivity (Wildman–Crippen MR) is 63.4 cm³/mol. The molecular weight excluding hydrogens is 220 g/mol. The molecule has 4 nitrogen and oxygen atoms in total. The molecule has 0 aliphatic heterocycles. The van der Waals surface area contributed by atoms with Gasteiger partial charge in [0.15, 0.2) is 0 Å². The van der Waals surface area contributed by atoms with Crippen molar-refractivity contribution in [3.8, 4) is 0 Å². The molecule has 1 fully saturated rings. The Bertz CT molecular complexity index is 279. The summed E-state index contributed by atoms with van der Waals surface area (Å²) >= 11 is 0. The summed E-state index contributed by atoms with van der Waals surface area (Å²) in [5.41, 5.74) is -0.431. The molecule has 0 aromatic rings. The van der Waals surface area contributed by atoms with Crippen molar-refractivity contribution in [3.05, 3.63) is 0 Å². The van der Waals surface area contributed by atoms with Gasteiger partial charge < -0.3 is 9.47 Å². The lowest BCUT2D eigenvalue weighted by molar-refractivity contribution is -0.172. The molecule has 4 heteroatoms. The van der Waals surface area contributed by atoms with Gasteiger partial charge in [-0.1, -0.05) is 13.3 Å². The molecule has 1 unspecified atom stereocenters. The Morgan fingerprint density at radius 1 is 1.12 bits per heavy atom. The zero-order valence-corrected chi connectivity index (χ0v) is 11.0. The van der Waals surface area contributed by atoms with E-state index >= 15 is 0 Å². The fraction of sp³-hybridized carbons (Fsp3) is 0.846. The van der Waals surface area contributed by atoms with Gasteiger partial charge in [-0.15, -0.1) is 0 Å². The van der Waals surface area contributed by atoms with E-state index in [9.17, 15) is 9.59 Å². The van der Waals surface area contributed by atoms with Crippen LogP contribution >= 0.6 is 0 Å². The maximum absolute atomic E-state index is 11.2. The minimum absolute atomic E-state index is 0.0515. The van der Waals surface area contributed by atoms with Crippen LogP contribution in [0.3, 0.4) is 0 Å². The van der Waals surface area contributed by atoms with Crippen LogP contribution in [0.25, 0.3) is 0 Å². The molecule has 0 heterocycles. The van der Waals surface area contributed by atoms with Gasteiger partial charge >= 0.3 is 11.9 Å². The molecule has 1 saturated carbocycles. The number of hydrogen-bond acceptors (Lipinski definition) is 4. The smallest absolute Gasteiger partial charge is 0.303 e. The Morgan fingerprint density at radius 2 is 1.71 bits per heavy atom. The average molecular weight is 242 g/mol. The first-order valence-electron chi connectivity index (χ1n) is 6.29. The van der Waals surface area contributed by atoms with Crippen LogP contribution in [0.5, 0.6) is 0 Å². The maximum atomic E-state index is 11.2. The van der Waals surface area contributed by atoms with E-state index < -0.39 is 5.60 Å². The molecule has 1 aliphatic rings. The van der Waals surface area contributed by atoms with Gasteiger partial charge in [0.25, 0.3) is 0 Å². The number of ether oxygens (including phenoxy) is 2. The minimum Gasteiger partial charge on any atom is -0.465 e. The SMILES string of the molecule is CC(=O)OCC(C)C1(OC(C)=O)CCCCC1. The van der Waals surface area contributed by atoms with Gasteiger partial charge in [0, 0.05) is 19.8 Å². The van der Waals surface area contributed by atoms with Crippen molar-refractivity contribution in [2.45, 2.75) is 58.5 Å². The highest BCUT2D eigenvalue weighted by Crippen LogP contribution is 2.38. The first-order valence-corrected chi connectivity index (χ1v) is 6.29. The Morgan fingerprint density at radius 3 is 2.18 bits per heavy atom. The number of carbonyl (C=O) groups excluding carboxylic acids is 2. The van der Waals surface area contributed by atoms with Crippen LogP contribution in [0.2, 0.25) is 0 Å². The number of esters is 2. The van der Waals surface area contributed by atoms with E-state index in [-0.39, 0.29) is 17.9 Å². The minimum atomic E-state index is -0.431. The van der Waals surface area contributed by atoms with Crippen LogP contribution < -0.4 is 0 Å². The summed E-state index contributed by atoms with van der Waals surface area (Å²) in [6, 6.07) is 0. The van der Waals surface area contributed by atoms with Crippen LogP contribution in [0.1, 0.15) is 52.9 Å². The zero-order valence-electron chi connectivity index (χ0n) is 11.0. The summed E-state index contributed by atoms with van der Waals surface area (Å²) in [4.78, 5) is 22.1. The van der Waals surface area contributed by atoms with Crippen molar-refractivity contribution in [2.75, 3.05) is 6.61 Å². The van der Waals surface area contributed by atoms with E-state index in [1.165, 1.54) is 20.3 Å². The summed E-state index contributed by atoms with van der Waals surface area (Å²) in [5.74, 6) is -0.484. The lowest BCUT2D eigenvalue weighted by atomic mass is 9.76. The summed E-state index contributed by atoms with van der Waals surface area (Å²) in [5, 5.41) is 0. The van der Waals surface area contributed by atoms with Gasteiger partial charge in [0.05, 0.1) is 6.61 Å². The molecule has 0 aromatic carbocycles. The van der Waals surface area contributed by atoms with Gasteiger partial charge in [0.1, 0.15) is 5.60 Å². The van der Waals surface area contributed by atoms with E-state index in [1.807, 2.05) is 6.92 Å². The highest BCUT2D eigenvalue weighted by molar-refractivity contribution is 5.67. The van der Waals surface area contributed by atoms with E-state index in [0.717, 1.165) is 25.7 Å². The number of hydrogen-bond donors (Lipinski definition) is 0. The molecule has 1 atom stereocenters. The van der Waals surface area contributed by atoms with Crippen molar-refractivity contribution in [2.24, 2.45) is 5.92 Å². The largest absolute Gasteiger partial charge is 0.465 e. The first-order chi connectivity index (χ1) is 7.96. The molecule has 1 aliphatic carbocycles. The van der Waals surface area contributed by atoms with Crippen LogP contribution in [-0.2, 0) is 19.1 Å². The molecule has 1 rings (SSSR count). The third-order valence-corrected chi connectivity index (χ3v) is 3.48. The molecule has 98 valence electrons. The third-order valence-electron chi connectivity index (χ3n) is 3.48. The summed E-state index contributed by atoms with van der Waals surface area (Å²) in [6.45, 7) is 5.14. The molecule has 0 saturated heterocycles. The highest BCUT2D eigenvalue weighted by atomic mass is 16.6. The van der Waals surface area contributed by atoms with Gasteiger partial charge in [-0.25, -0.2) is 0 Å². The molecule has 0 aromatic heterocycles. The summed E-state index contributed by atoms with van der Waals surface area (Å²) < 4.78 is 10.6. The quantitative estimate of drug-likeness (QED) is 0.710. The molecule has 0 amide bonds. The van der Waals surface area contributed by atoms with E-state index in [0.29, 0.717) is 6.61 Å². The van der Waals surface area contributed by atoms with Crippen LogP contribution in [-0.4, -0.2) is 24.1 Å². The Balaban J connectivity index is 2.66. The van der Waals surface area contributed by atoms with Crippen LogP contribution in [0, 0.1) is 5.92 Å². The second kappa shape index (κ2) is 6.03. The lowest BCUT2D eigenvalue weighted by Crippen LogP contribution is -2.44. The van der Waals surface area contributed by atoms with E-state index in [4.69, 9.17) is 9.47 Å². The zero-order chi connectivity index (χ0) is 12.9. The average Bonchev–Trinajstić information content (AvgIpc) is 2.26. The van der Waals surface area contributed by atoms with E-state index in [1.54, 1.807) is 0 Å². The number of rotatable bonds is 4. The number of carbonyl (C=O) groups is 2.